The third-order valence-electron chi connectivity index (χ3n) is 6.79. The van der Waals surface area contributed by atoms with Crippen molar-refractivity contribution in [3.63, 3.8) is 0 Å². The van der Waals surface area contributed by atoms with Crippen molar-refractivity contribution in [3.8, 4) is 11.3 Å². The molecule has 1 fully saturated rings. The van der Waals surface area contributed by atoms with Gasteiger partial charge in [-0.3, -0.25) is 0 Å². The highest BCUT2D eigenvalue weighted by atomic mass is 19.1. The van der Waals surface area contributed by atoms with Crippen LogP contribution >= 0.6 is 0 Å². The summed E-state index contributed by atoms with van der Waals surface area (Å²) in [4.78, 5) is 11.2. The lowest BCUT2D eigenvalue weighted by molar-refractivity contribution is 0.0710. The van der Waals surface area contributed by atoms with Gasteiger partial charge in [0, 0.05) is 5.41 Å². The van der Waals surface area contributed by atoms with E-state index in [0.29, 0.717) is 6.42 Å². The molecule has 2 N–H and O–H groups in total. The average Bonchev–Trinajstić information content (AvgIpc) is 2.94. The first kappa shape index (κ1) is 18.8. The highest BCUT2D eigenvalue weighted by molar-refractivity contribution is 5.65. The minimum Gasteiger partial charge on any atom is -0.447 e. The molecular formula is C21H23F2N3O2. The van der Waals surface area contributed by atoms with E-state index in [4.69, 9.17) is 10.5 Å². The molecule has 3 atom stereocenters. The van der Waals surface area contributed by atoms with Crippen LogP contribution in [0.15, 0.2) is 24.3 Å². The predicted molar refractivity (Wildman–Crippen MR) is 99.6 cm³/mol. The molecule has 7 heteroatoms. The number of nitrogens with zero attached hydrogens (tertiary/aromatic N) is 2. The highest BCUT2D eigenvalue weighted by Crippen LogP contribution is 2.69. The van der Waals surface area contributed by atoms with Crippen LogP contribution < -0.4 is 5.73 Å². The Bertz CT molecular complexity index is 942. The van der Waals surface area contributed by atoms with Crippen LogP contribution in [0.2, 0.25) is 0 Å². The number of halogens is 2. The SMILES string of the molecule is CC(C[C@]12CC[C@@H](c3cc(-c4c(F)cccc4F)nnc31)C2(C)C)OC(N)=O. The van der Waals surface area contributed by atoms with Crippen LogP contribution in [0.3, 0.4) is 0 Å². The van der Waals surface area contributed by atoms with Crippen molar-refractivity contribution in [2.24, 2.45) is 11.1 Å². The molecule has 148 valence electrons. The van der Waals surface area contributed by atoms with Crippen LogP contribution in [-0.4, -0.2) is 22.4 Å². The second kappa shape index (κ2) is 6.22. The molecule has 1 unspecified atom stereocenters. The summed E-state index contributed by atoms with van der Waals surface area (Å²) in [6, 6.07) is 5.54. The molecule has 2 aromatic rings. The van der Waals surface area contributed by atoms with Crippen LogP contribution in [-0.2, 0) is 10.2 Å². The van der Waals surface area contributed by atoms with E-state index < -0.39 is 17.7 Å². The Morgan fingerprint density at radius 3 is 2.64 bits per heavy atom. The van der Waals surface area contributed by atoms with E-state index in [0.717, 1.165) is 24.1 Å². The van der Waals surface area contributed by atoms with E-state index in [-0.39, 0.29) is 34.1 Å². The summed E-state index contributed by atoms with van der Waals surface area (Å²) in [5, 5.41) is 8.62. The Morgan fingerprint density at radius 2 is 2.00 bits per heavy atom. The standard InChI is InChI=1S/C21H23F2N3O2/c1-11(28-19(24)27)10-21-8-7-13(20(21,2)3)12-9-16(25-26-18(12)21)17-14(22)5-4-6-15(17)23/h4-6,9,11,13H,7-8,10H2,1-3H3,(H2,24,27)/t11?,13-,21+/m0/s1. The largest absolute Gasteiger partial charge is 0.447 e. The van der Waals surface area contributed by atoms with Gasteiger partial charge in [-0.25, -0.2) is 13.6 Å². The summed E-state index contributed by atoms with van der Waals surface area (Å²) in [6.45, 7) is 6.16. The lowest BCUT2D eigenvalue weighted by Gasteiger charge is -2.39. The van der Waals surface area contributed by atoms with Gasteiger partial charge in [-0.2, -0.15) is 10.2 Å². The third-order valence-corrected chi connectivity index (χ3v) is 6.79. The van der Waals surface area contributed by atoms with E-state index in [2.05, 4.69) is 24.0 Å². The van der Waals surface area contributed by atoms with Crippen molar-refractivity contribution in [1.82, 2.24) is 10.2 Å². The van der Waals surface area contributed by atoms with Crippen LogP contribution in [0.25, 0.3) is 11.3 Å². The van der Waals surface area contributed by atoms with Crippen LogP contribution in [0.1, 0.15) is 57.2 Å². The number of ether oxygens (including phenoxy) is 1. The first-order valence-electron chi connectivity index (χ1n) is 9.46. The summed E-state index contributed by atoms with van der Waals surface area (Å²) >= 11 is 0. The number of nitrogens with two attached hydrogens (primary N) is 1. The first-order chi connectivity index (χ1) is 13.2. The van der Waals surface area contributed by atoms with Gasteiger partial charge in [-0.1, -0.05) is 19.9 Å². The Morgan fingerprint density at radius 1 is 1.32 bits per heavy atom. The number of primary amides is 1. The monoisotopic (exact) mass is 387 g/mol. The molecule has 4 rings (SSSR count). The molecule has 0 saturated heterocycles. The zero-order valence-electron chi connectivity index (χ0n) is 16.1. The Balaban J connectivity index is 1.79. The van der Waals surface area contributed by atoms with E-state index in [1.807, 2.05) is 6.92 Å². The molecule has 1 heterocycles. The maximum Gasteiger partial charge on any atom is 0.404 e. The van der Waals surface area contributed by atoms with Gasteiger partial charge in [0.1, 0.15) is 17.7 Å². The number of hydrogen-bond acceptors (Lipinski definition) is 4. The van der Waals surface area contributed by atoms with Gasteiger partial charge < -0.3 is 10.5 Å². The molecule has 28 heavy (non-hydrogen) atoms. The summed E-state index contributed by atoms with van der Waals surface area (Å²) in [7, 11) is 0. The van der Waals surface area contributed by atoms with Crippen molar-refractivity contribution in [1.29, 1.82) is 0 Å². The van der Waals surface area contributed by atoms with Gasteiger partial charge in [0.25, 0.3) is 0 Å². The zero-order chi connectivity index (χ0) is 20.3. The van der Waals surface area contributed by atoms with Crippen LogP contribution in [0.5, 0.6) is 0 Å². The molecule has 2 bridgehead atoms. The molecule has 0 radical (unpaired) electrons. The number of fused-ring (bicyclic) bond motifs is 5. The summed E-state index contributed by atoms with van der Waals surface area (Å²) < 4.78 is 33.6. The molecule has 0 aliphatic heterocycles. The molecule has 1 aromatic carbocycles. The fourth-order valence-electron chi connectivity index (χ4n) is 5.48. The van der Waals surface area contributed by atoms with E-state index >= 15 is 0 Å². The van der Waals surface area contributed by atoms with Crippen molar-refractivity contribution in [3.05, 3.63) is 47.2 Å². The predicted octanol–water partition coefficient (Wildman–Crippen LogP) is 4.45. The maximum absolute atomic E-state index is 14.2. The maximum atomic E-state index is 14.2. The van der Waals surface area contributed by atoms with E-state index in [1.165, 1.54) is 18.2 Å². The summed E-state index contributed by atoms with van der Waals surface area (Å²) in [5.74, 6) is -1.11. The Kier molecular flexibility index (Phi) is 4.17. The molecule has 2 aliphatic carbocycles. The second-order valence-corrected chi connectivity index (χ2v) is 8.48. The average molecular weight is 387 g/mol. The van der Waals surface area contributed by atoms with Crippen molar-refractivity contribution < 1.29 is 18.3 Å². The van der Waals surface area contributed by atoms with Gasteiger partial charge in [-0.15, -0.1) is 0 Å². The molecule has 2 aliphatic rings. The number of aromatic nitrogens is 2. The lowest BCUT2D eigenvalue weighted by Crippen LogP contribution is -2.39. The number of amides is 1. The minimum absolute atomic E-state index is 0.147. The number of rotatable bonds is 4. The fraction of sp³-hybridized carbons (Fsp3) is 0.476. The lowest BCUT2D eigenvalue weighted by atomic mass is 9.65. The van der Waals surface area contributed by atoms with Crippen LogP contribution in [0.4, 0.5) is 13.6 Å². The zero-order valence-corrected chi connectivity index (χ0v) is 16.1. The minimum atomic E-state index is -0.800. The second-order valence-electron chi connectivity index (χ2n) is 8.48. The number of hydrogen-bond donors (Lipinski definition) is 1. The molecule has 0 spiro atoms. The molecular weight excluding hydrogens is 364 g/mol. The number of carbonyl (C=O) groups excluding carboxylic acids is 1. The van der Waals surface area contributed by atoms with Gasteiger partial charge in [-0.05, 0) is 61.3 Å². The van der Waals surface area contributed by atoms with Crippen molar-refractivity contribution in [2.45, 2.75) is 57.5 Å². The molecule has 5 nitrogen and oxygen atoms in total. The fourth-order valence-corrected chi connectivity index (χ4v) is 5.48. The highest BCUT2D eigenvalue weighted by Gasteiger charge is 2.63. The first-order valence-corrected chi connectivity index (χ1v) is 9.46. The smallest absolute Gasteiger partial charge is 0.404 e. The van der Waals surface area contributed by atoms with Gasteiger partial charge in [0.05, 0.1) is 17.0 Å². The van der Waals surface area contributed by atoms with Crippen molar-refractivity contribution in [2.75, 3.05) is 0 Å². The quantitative estimate of drug-likeness (QED) is 0.841. The van der Waals surface area contributed by atoms with Crippen molar-refractivity contribution >= 4 is 6.09 Å². The Hall–Kier alpha value is -2.57. The van der Waals surface area contributed by atoms with Gasteiger partial charge >= 0.3 is 6.09 Å². The van der Waals surface area contributed by atoms with Crippen LogP contribution in [0, 0.1) is 17.0 Å². The van der Waals surface area contributed by atoms with E-state index in [9.17, 15) is 13.6 Å². The molecule has 1 amide bonds. The molecule has 1 saturated carbocycles. The molecule has 1 aromatic heterocycles. The van der Waals surface area contributed by atoms with E-state index in [1.54, 1.807) is 6.07 Å². The summed E-state index contributed by atoms with van der Waals surface area (Å²) in [5.41, 5.74) is 6.58. The number of carbonyl (C=O) groups is 1. The number of benzene rings is 1. The normalized spacial score (nSPS) is 25.4. The third kappa shape index (κ3) is 2.52. The topological polar surface area (TPSA) is 78.1 Å². The Labute approximate surface area is 162 Å². The summed E-state index contributed by atoms with van der Waals surface area (Å²) in [6.07, 6.45) is 1.24. The van der Waals surface area contributed by atoms with Gasteiger partial charge in [0.2, 0.25) is 0 Å². The van der Waals surface area contributed by atoms with Gasteiger partial charge in [0.15, 0.2) is 0 Å².